The van der Waals surface area contributed by atoms with Crippen molar-refractivity contribution in [3.05, 3.63) is 36.4 Å². The number of nitrogen functional groups attached to an aromatic ring is 1. The molecule has 0 aliphatic heterocycles. The minimum absolute atomic E-state index is 0.157. The fourth-order valence-corrected chi connectivity index (χ4v) is 5.27. The number of azo groups is 1. The summed E-state index contributed by atoms with van der Waals surface area (Å²) in [4.78, 5) is 16.5. The Labute approximate surface area is 189 Å². The van der Waals surface area contributed by atoms with Crippen LogP contribution < -0.4 is 16.4 Å². The fourth-order valence-electron chi connectivity index (χ4n) is 5.27. The Hall–Kier alpha value is -3.16. The Morgan fingerprint density at radius 1 is 1.25 bits per heavy atom. The van der Waals surface area contributed by atoms with Crippen molar-refractivity contribution in [1.82, 2.24) is 4.98 Å². The van der Waals surface area contributed by atoms with Gasteiger partial charge in [-0.05, 0) is 61.1 Å². The van der Waals surface area contributed by atoms with Gasteiger partial charge >= 0.3 is 6.09 Å². The first-order valence-electron chi connectivity index (χ1n) is 11.2. The molecule has 170 valence electrons. The van der Waals surface area contributed by atoms with Crippen LogP contribution in [0, 0.1) is 16.7 Å². The number of ether oxygens (including phenoxy) is 1. The zero-order chi connectivity index (χ0) is 22.9. The molecule has 4 N–H and O–H groups in total. The van der Waals surface area contributed by atoms with Gasteiger partial charge in [0.25, 0.3) is 0 Å². The Morgan fingerprint density at radius 3 is 2.62 bits per heavy atom. The maximum Gasteiger partial charge on any atom is 0.411 e. The molecule has 2 aromatic rings. The summed E-state index contributed by atoms with van der Waals surface area (Å²) in [7, 11) is 0. The maximum atomic E-state index is 11.9. The number of benzene rings is 1. The molecule has 3 atom stereocenters. The number of hydrogen-bond donors (Lipinski definition) is 3. The molecule has 1 aromatic carbocycles. The van der Waals surface area contributed by atoms with E-state index in [9.17, 15) is 4.79 Å². The summed E-state index contributed by atoms with van der Waals surface area (Å²) in [6, 6.07) is 11.4. The van der Waals surface area contributed by atoms with Gasteiger partial charge in [0, 0.05) is 6.04 Å². The van der Waals surface area contributed by atoms with E-state index in [1.807, 2.05) is 30.3 Å². The van der Waals surface area contributed by atoms with Crippen LogP contribution in [-0.4, -0.2) is 23.7 Å². The highest BCUT2D eigenvalue weighted by molar-refractivity contribution is 5.90. The number of anilines is 3. The molecule has 1 aromatic heterocycles. The molecule has 1 amide bonds. The molecular weight excluding hydrogens is 404 g/mol. The number of fused-ring (bicyclic) bond motifs is 2. The lowest BCUT2D eigenvalue weighted by Crippen LogP contribution is -2.40. The normalized spacial score (nSPS) is 25.8. The first kappa shape index (κ1) is 22.0. The van der Waals surface area contributed by atoms with Crippen molar-refractivity contribution in [1.29, 1.82) is 0 Å². The summed E-state index contributed by atoms with van der Waals surface area (Å²) >= 11 is 0. The number of hydrogen-bond acceptors (Lipinski definition) is 7. The first-order chi connectivity index (χ1) is 15.2. The summed E-state index contributed by atoms with van der Waals surface area (Å²) in [6.07, 6.45) is 2.94. The van der Waals surface area contributed by atoms with Gasteiger partial charge in [-0.3, -0.25) is 5.32 Å². The van der Waals surface area contributed by atoms with Crippen molar-refractivity contribution >= 4 is 34.8 Å². The first-order valence-corrected chi connectivity index (χ1v) is 11.2. The highest BCUT2D eigenvalue weighted by Crippen LogP contribution is 2.66. The van der Waals surface area contributed by atoms with Crippen molar-refractivity contribution in [3.8, 4) is 0 Å². The molecule has 2 fully saturated rings. The van der Waals surface area contributed by atoms with Gasteiger partial charge in [-0.15, -0.1) is 5.11 Å². The number of nitrogens with zero attached hydrogens (tertiary/aromatic N) is 3. The number of nitrogens with two attached hydrogens (primary N) is 1. The van der Waals surface area contributed by atoms with E-state index in [1.165, 1.54) is 12.8 Å². The lowest BCUT2D eigenvalue weighted by atomic mass is 9.69. The van der Waals surface area contributed by atoms with Crippen LogP contribution in [0.1, 0.15) is 47.0 Å². The molecule has 2 saturated carbocycles. The highest BCUT2D eigenvalue weighted by atomic mass is 16.5. The molecular formula is C24H32N6O2. The van der Waals surface area contributed by atoms with Gasteiger partial charge in [0.2, 0.25) is 0 Å². The summed E-state index contributed by atoms with van der Waals surface area (Å²) in [5.41, 5.74) is 8.18. The second-order valence-electron chi connectivity index (χ2n) is 9.48. The van der Waals surface area contributed by atoms with Crippen molar-refractivity contribution in [2.75, 3.05) is 23.0 Å². The average molecular weight is 437 g/mol. The minimum atomic E-state index is -0.588. The molecule has 1 heterocycles. The van der Waals surface area contributed by atoms with Crippen LogP contribution >= 0.6 is 0 Å². The number of amides is 1. The third-order valence-corrected chi connectivity index (χ3v) is 7.68. The minimum Gasteiger partial charge on any atom is -0.450 e. The van der Waals surface area contributed by atoms with E-state index in [4.69, 9.17) is 10.5 Å². The molecule has 2 aliphatic carbocycles. The standard InChI is InChI=1S/C24H32N6O2/c1-5-32-22(31)26-17-14-18(30-29-16-9-7-6-8-10-16)21(28-20(17)25)27-19-13-15-11-12-24(19,4)23(15,2)3/h6-10,14-15,19H,5,11-13H2,1-4H3,(H,26,31)(H3,25,27,28). The molecule has 8 nitrogen and oxygen atoms in total. The van der Waals surface area contributed by atoms with Crippen molar-refractivity contribution in [2.45, 2.75) is 53.0 Å². The quantitative estimate of drug-likeness (QED) is 0.461. The summed E-state index contributed by atoms with van der Waals surface area (Å²) in [5.74, 6) is 1.46. The lowest BCUT2D eigenvalue weighted by Gasteiger charge is -2.39. The molecule has 0 saturated heterocycles. The van der Waals surface area contributed by atoms with Gasteiger partial charge < -0.3 is 15.8 Å². The zero-order valence-corrected chi connectivity index (χ0v) is 19.2. The maximum absolute atomic E-state index is 11.9. The third-order valence-electron chi connectivity index (χ3n) is 7.68. The predicted molar refractivity (Wildman–Crippen MR) is 127 cm³/mol. The molecule has 32 heavy (non-hydrogen) atoms. The Bertz CT molecular complexity index is 1020. The van der Waals surface area contributed by atoms with E-state index in [0.717, 1.165) is 12.1 Å². The van der Waals surface area contributed by atoms with Crippen LogP contribution in [0.15, 0.2) is 46.6 Å². The molecule has 4 rings (SSSR count). The largest absolute Gasteiger partial charge is 0.450 e. The number of nitrogens with one attached hydrogen (secondary N) is 2. The van der Waals surface area contributed by atoms with Gasteiger partial charge in [0.1, 0.15) is 11.5 Å². The third kappa shape index (κ3) is 3.89. The molecule has 0 radical (unpaired) electrons. The van der Waals surface area contributed by atoms with Gasteiger partial charge in [-0.25, -0.2) is 9.78 Å². The van der Waals surface area contributed by atoms with Gasteiger partial charge in [-0.2, -0.15) is 5.11 Å². The number of carbonyl (C=O) groups excluding carboxylic acids is 1. The zero-order valence-electron chi connectivity index (χ0n) is 19.2. The van der Waals surface area contributed by atoms with Crippen LogP contribution in [0.4, 0.5) is 33.5 Å². The summed E-state index contributed by atoms with van der Waals surface area (Å²) < 4.78 is 4.97. The number of carbonyl (C=O) groups is 1. The topological polar surface area (TPSA) is 114 Å². The van der Waals surface area contributed by atoms with Crippen molar-refractivity contribution in [3.63, 3.8) is 0 Å². The van der Waals surface area contributed by atoms with Crippen LogP contribution in [0.25, 0.3) is 0 Å². The van der Waals surface area contributed by atoms with Gasteiger partial charge in [-0.1, -0.05) is 39.0 Å². The molecule has 8 heteroatoms. The highest BCUT2D eigenvalue weighted by Gasteiger charge is 2.61. The predicted octanol–water partition coefficient (Wildman–Crippen LogP) is 6.27. The van der Waals surface area contributed by atoms with E-state index in [1.54, 1.807) is 13.0 Å². The van der Waals surface area contributed by atoms with E-state index in [-0.39, 0.29) is 29.3 Å². The molecule has 0 spiro atoms. The Morgan fingerprint density at radius 2 is 2.00 bits per heavy atom. The Balaban J connectivity index is 1.67. The number of rotatable bonds is 6. The van der Waals surface area contributed by atoms with Crippen molar-refractivity contribution in [2.24, 2.45) is 27.0 Å². The van der Waals surface area contributed by atoms with Crippen LogP contribution in [0.5, 0.6) is 0 Å². The molecule has 2 bridgehead atoms. The second kappa shape index (κ2) is 8.41. The monoisotopic (exact) mass is 436 g/mol. The van der Waals surface area contributed by atoms with Crippen LogP contribution in [0.3, 0.4) is 0 Å². The summed E-state index contributed by atoms with van der Waals surface area (Å²) in [6.45, 7) is 9.11. The van der Waals surface area contributed by atoms with Gasteiger partial charge in [0.15, 0.2) is 5.82 Å². The van der Waals surface area contributed by atoms with E-state index >= 15 is 0 Å². The average Bonchev–Trinajstić information content (AvgIpc) is 3.09. The fraction of sp³-hybridized carbons (Fsp3) is 0.500. The van der Waals surface area contributed by atoms with E-state index < -0.39 is 6.09 Å². The van der Waals surface area contributed by atoms with Crippen LogP contribution in [-0.2, 0) is 4.74 Å². The van der Waals surface area contributed by atoms with Gasteiger partial charge in [0.05, 0.1) is 18.0 Å². The smallest absolute Gasteiger partial charge is 0.411 e. The second-order valence-corrected chi connectivity index (χ2v) is 9.48. The number of pyridine rings is 1. The van der Waals surface area contributed by atoms with Crippen LogP contribution in [0.2, 0.25) is 0 Å². The van der Waals surface area contributed by atoms with Crippen molar-refractivity contribution < 1.29 is 9.53 Å². The number of aromatic nitrogens is 1. The molecule has 3 unspecified atom stereocenters. The lowest BCUT2D eigenvalue weighted by molar-refractivity contribution is 0.142. The summed E-state index contributed by atoms with van der Waals surface area (Å²) in [5, 5.41) is 15.1. The van der Waals surface area contributed by atoms with E-state index in [0.29, 0.717) is 23.1 Å². The SMILES string of the molecule is CCOC(=O)Nc1cc(N=Nc2ccccc2)c(NC2CC3CCC2(C)C3(C)C)nc1N. The van der Waals surface area contributed by atoms with E-state index in [2.05, 4.69) is 46.6 Å². The Kier molecular flexibility index (Phi) is 5.79. The molecule has 2 aliphatic rings.